The van der Waals surface area contributed by atoms with E-state index in [0.717, 1.165) is 6.07 Å². The summed E-state index contributed by atoms with van der Waals surface area (Å²) in [7, 11) is -3.94. The van der Waals surface area contributed by atoms with Crippen molar-refractivity contribution in [1.82, 2.24) is 19.0 Å². The summed E-state index contributed by atoms with van der Waals surface area (Å²) in [6.07, 6.45) is 0. The molecule has 1 aromatic heterocycles. The Bertz CT molecular complexity index is 1120. The summed E-state index contributed by atoms with van der Waals surface area (Å²) in [6.45, 7) is 4.88. The average molecular weight is 479 g/mol. The third-order valence-electron chi connectivity index (χ3n) is 6.02. The van der Waals surface area contributed by atoms with Gasteiger partial charge in [0, 0.05) is 52.4 Å². The number of carbonyl (C=O) groups is 2. The van der Waals surface area contributed by atoms with Crippen molar-refractivity contribution in [3.8, 4) is 0 Å². The number of nitrogens with zero attached hydrogens (tertiary/aromatic N) is 4. The molecule has 0 spiro atoms. The first-order valence-corrected chi connectivity index (χ1v) is 12.3. The lowest BCUT2D eigenvalue weighted by atomic mass is 10.2. The zero-order chi connectivity index (χ0) is 23.6. The highest BCUT2D eigenvalue weighted by Gasteiger charge is 2.32. The number of hydrogen-bond acceptors (Lipinski definition) is 6. The van der Waals surface area contributed by atoms with Gasteiger partial charge in [0.2, 0.25) is 15.9 Å². The quantitative estimate of drug-likeness (QED) is 0.637. The van der Waals surface area contributed by atoms with Crippen LogP contribution < -0.4 is 0 Å². The van der Waals surface area contributed by atoms with E-state index < -0.39 is 15.8 Å². The number of aryl methyl sites for hydroxylation is 1. The second kappa shape index (κ2) is 9.62. The Morgan fingerprint density at radius 1 is 0.909 bits per heavy atom. The van der Waals surface area contributed by atoms with Crippen LogP contribution in [-0.4, -0.2) is 98.1 Å². The molecule has 0 saturated carbocycles. The monoisotopic (exact) mass is 478 g/mol. The van der Waals surface area contributed by atoms with Crippen LogP contribution in [0.4, 0.5) is 4.39 Å². The summed E-state index contributed by atoms with van der Waals surface area (Å²) in [5.41, 5.74) is 0. The first kappa shape index (κ1) is 23.4. The van der Waals surface area contributed by atoms with Crippen molar-refractivity contribution in [3.63, 3.8) is 0 Å². The zero-order valence-corrected chi connectivity index (χ0v) is 19.3. The number of hydrogen-bond donors (Lipinski definition) is 0. The van der Waals surface area contributed by atoms with Gasteiger partial charge in [0.05, 0.1) is 6.54 Å². The van der Waals surface area contributed by atoms with Crippen molar-refractivity contribution in [2.75, 3.05) is 58.9 Å². The standard InChI is InChI=1S/C22H27FN4O5S/c1-17-6-7-19(32-17)22(29)26-10-8-24(9-11-26)16-21(28)25-12-14-27(15-13-25)33(30,31)20-5-3-2-4-18(20)23/h2-7H,8-16H2,1H3. The Morgan fingerprint density at radius 2 is 1.55 bits per heavy atom. The van der Waals surface area contributed by atoms with Crippen LogP contribution in [-0.2, 0) is 14.8 Å². The van der Waals surface area contributed by atoms with Crippen LogP contribution in [0.2, 0.25) is 0 Å². The molecule has 2 amide bonds. The predicted octanol–water partition coefficient (Wildman–Crippen LogP) is 1.02. The van der Waals surface area contributed by atoms with Crippen LogP contribution in [0.1, 0.15) is 16.3 Å². The van der Waals surface area contributed by atoms with Gasteiger partial charge in [-0.05, 0) is 31.2 Å². The third-order valence-corrected chi connectivity index (χ3v) is 7.95. The zero-order valence-electron chi connectivity index (χ0n) is 18.4. The first-order valence-electron chi connectivity index (χ1n) is 10.9. The molecule has 0 aliphatic carbocycles. The fourth-order valence-electron chi connectivity index (χ4n) is 4.08. The molecule has 2 aliphatic rings. The van der Waals surface area contributed by atoms with E-state index >= 15 is 0 Å². The largest absolute Gasteiger partial charge is 0.456 e. The molecule has 0 atom stereocenters. The van der Waals surface area contributed by atoms with Gasteiger partial charge in [-0.3, -0.25) is 14.5 Å². The molecule has 1 aromatic carbocycles. The second-order valence-corrected chi connectivity index (χ2v) is 10.1. The molecule has 33 heavy (non-hydrogen) atoms. The third kappa shape index (κ3) is 5.10. The maximum absolute atomic E-state index is 14.0. The smallest absolute Gasteiger partial charge is 0.289 e. The topological polar surface area (TPSA) is 94.4 Å². The number of amides is 2. The Kier molecular flexibility index (Phi) is 6.82. The molecule has 2 aliphatic heterocycles. The highest BCUT2D eigenvalue weighted by Crippen LogP contribution is 2.20. The van der Waals surface area contributed by atoms with Crippen molar-refractivity contribution in [1.29, 1.82) is 0 Å². The molecule has 2 aromatic rings. The molecule has 9 nitrogen and oxygen atoms in total. The van der Waals surface area contributed by atoms with Gasteiger partial charge in [-0.1, -0.05) is 12.1 Å². The maximum atomic E-state index is 14.0. The number of piperazine rings is 2. The highest BCUT2D eigenvalue weighted by molar-refractivity contribution is 7.89. The fourth-order valence-corrected chi connectivity index (χ4v) is 5.56. The molecule has 2 saturated heterocycles. The minimum absolute atomic E-state index is 0.0839. The minimum atomic E-state index is -3.94. The van der Waals surface area contributed by atoms with Gasteiger partial charge in [-0.25, -0.2) is 12.8 Å². The van der Waals surface area contributed by atoms with E-state index in [0.29, 0.717) is 37.7 Å². The molecule has 178 valence electrons. The molecule has 0 unspecified atom stereocenters. The van der Waals surface area contributed by atoms with E-state index in [9.17, 15) is 22.4 Å². The van der Waals surface area contributed by atoms with Crippen LogP contribution in [0.25, 0.3) is 0 Å². The highest BCUT2D eigenvalue weighted by atomic mass is 32.2. The summed E-state index contributed by atoms with van der Waals surface area (Å²) >= 11 is 0. The lowest BCUT2D eigenvalue weighted by molar-refractivity contribution is -0.133. The van der Waals surface area contributed by atoms with E-state index in [1.165, 1.54) is 22.5 Å². The Labute approximate surface area is 192 Å². The molecule has 0 N–H and O–H groups in total. The van der Waals surface area contributed by atoms with E-state index in [4.69, 9.17) is 4.42 Å². The lowest BCUT2D eigenvalue weighted by Gasteiger charge is -2.37. The summed E-state index contributed by atoms with van der Waals surface area (Å²) in [6, 6.07) is 8.72. The molecular formula is C22H27FN4O5S. The Morgan fingerprint density at radius 3 is 2.15 bits per heavy atom. The summed E-state index contributed by atoms with van der Waals surface area (Å²) in [5.74, 6) is -0.0129. The molecular weight excluding hydrogens is 451 g/mol. The van der Waals surface area contributed by atoms with Crippen molar-refractivity contribution < 1.29 is 26.8 Å². The maximum Gasteiger partial charge on any atom is 0.289 e. The van der Waals surface area contributed by atoms with E-state index in [-0.39, 0.29) is 49.4 Å². The van der Waals surface area contributed by atoms with Crippen molar-refractivity contribution in [3.05, 3.63) is 53.7 Å². The SMILES string of the molecule is Cc1ccc(C(=O)N2CCN(CC(=O)N3CCN(S(=O)(=O)c4ccccc4F)CC3)CC2)o1. The number of carbonyl (C=O) groups excluding carboxylic acids is 2. The van der Waals surface area contributed by atoms with Crippen LogP contribution in [0.15, 0.2) is 45.7 Å². The van der Waals surface area contributed by atoms with E-state index in [1.807, 2.05) is 4.90 Å². The Balaban J connectivity index is 1.25. The number of furan rings is 1. The molecule has 11 heteroatoms. The summed E-state index contributed by atoms with van der Waals surface area (Å²) in [4.78, 5) is 30.2. The molecule has 2 fully saturated rings. The first-order chi connectivity index (χ1) is 15.8. The fraction of sp³-hybridized carbons (Fsp3) is 0.455. The van der Waals surface area contributed by atoms with Crippen molar-refractivity contribution >= 4 is 21.8 Å². The molecule has 3 heterocycles. The van der Waals surface area contributed by atoms with Gasteiger partial charge in [0.1, 0.15) is 16.5 Å². The van der Waals surface area contributed by atoms with E-state index in [2.05, 4.69) is 0 Å². The molecule has 0 radical (unpaired) electrons. The summed E-state index contributed by atoms with van der Waals surface area (Å²) in [5, 5.41) is 0. The predicted molar refractivity (Wildman–Crippen MR) is 118 cm³/mol. The van der Waals surface area contributed by atoms with Gasteiger partial charge in [-0.2, -0.15) is 4.31 Å². The average Bonchev–Trinajstić information content (AvgIpc) is 3.25. The van der Waals surface area contributed by atoms with Crippen molar-refractivity contribution in [2.45, 2.75) is 11.8 Å². The van der Waals surface area contributed by atoms with Crippen LogP contribution in [0.3, 0.4) is 0 Å². The lowest BCUT2D eigenvalue weighted by Crippen LogP contribution is -2.55. The van der Waals surface area contributed by atoms with Gasteiger partial charge in [-0.15, -0.1) is 0 Å². The molecule has 4 rings (SSSR count). The van der Waals surface area contributed by atoms with Gasteiger partial charge in [0.25, 0.3) is 5.91 Å². The van der Waals surface area contributed by atoms with E-state index in [1.54, 1.807) is 28.9 Å². The van der Waals surface area contributed by atoms with Gasteiger partial charge < -0.3 is 14.2 Å². The van der Waals surface area contributed by atoms with Crippen LogP contribution in [0, 0.1) is 12.7 Å². The van der Waals surface area contributed by atoms with Crippen molar-refractivity contribution in [2.24, 2.45) is 0 Å². The molecule has 0 bridgehead atoms. The number of halogens is 1. The summed E-state index contributed by atoms with van der Waals surface area (Å²) < 4.78 is 46.0. The number of rotatable bonds is 5. The van der Waals surface area contributed by atoms with Gasteiger partial charge >= 0.3 is 0 Å². The second-order valence-electron chi connectivity index (χ2n) is 8.19. The number of sulfonamides is 1. The van der Waals surface area contributed by atoms with Crippen LogP contribution >= 0.6 is 0 Å². The number of benzene rings is 1. The Hall–Kier alpha value is -2.76. The minimum Gasteiger partial charge on any atom is -0.456 e. The van der Waals surface area contributed by atoms with Gasteiger partial charge in [0.15, 0.2) is 5.76 Å². The normalized spacial score (nSPS) is 18.5. The van der Waals surface area contributed by atoms with Crippen LogP contribution in [0.5, 0.6) is 0 Å².